The van der Waals surface area contributed by atoms with E-state index in [0.29, 0.717) is 12.4 Å². The summed E-state index contributed by atoms with van der Waals surface area (Å²) in [6, 6.07) is -0.219. The van der Waals surface area contributed by atoms with Crippen LogP contribution in [-0.4, -0.2) is 33.1 Å². The third kappa shape index (κ3) is 3.35. The largest absolute Gasteiger partial charge is 0.370 e. The molecule has 0 radical (unpaired) electrons. The molecule has 0 aliphatic rings. The number of hydrogen-bond donors (Lipinski definition) is 4. The SMILES string of the molecule is NC(N)=NCCCC(N)c1nn[nH]n1. The van der Waals surface area contributed by atoms with Gasteiger partial charge in [-0.15, -0.1) is 10.2 Å². The lowest BCUT2D eigenvalue weighted by atomic mass is 10.1. The van der Waals surface area contributed by atoms with Crippen LogP contribution in [0.15, 0.2) is 4.99 Å². The first-order valence-corrected chi connectivity index (χ1v) is 4.24. The highest BCUT2D eigenvalue weighted by Gasteiger charge is 2.09. The minimum atomic E-state index is -0.219. The molecule has 0 aliphatic carbocycles. The fraction of sp³-hybridized carbons (Fsp3) is 0.667. The van der Waals surface area contributed by atoms with Gasteiger partial charge in [-0.05, 0) is 12.8 Å². The van der Waals surface area contributed by atoms with Gasteiger partial charge >= 0.3 is 0 Å². The first kappa shape index (κ1) is 10.4. The summed E-state index contributed by atoms with van der Waals surface area (Å²) < 4.78 is 0. The van der Waals surface area contributed by atoms with Crippen molar-refractivity contribution >= 4 is 5.96 Å². The lowest BCUT2D eigenvalue weighted by Crippen LogP contribution is -2.23. The van der Waals surface area contributed by atoms with E-state index in [9.17, 15) is 0 Å². The van der Waals surface area contributed by atoms with Crippen LogP contribution in [0, 0.1) is 0 Å². The van der Waals surface area contributed by atoms with Crippen molar-refractivity contribution in [2.45, 2.75) is 18.9 Å². The fourth-order valence-electron chi connectivity index (χ4n) is 0.975. The van der Waals surface area contributed by atoms with E-state index in [4.69, 9.17) is 17.2 Å². The quantitative estimate of drug-likeness (QED) is 0.251. The Kier molecular flexibility index (Phi) is 3.80. The van der Waals surface area contributed by atoms with Crippen LogP contribution in [0.25, 0.3) is 0 Å². The third-order valence-corrected chi connectivity index (χ3v) is 1.66. The van der Waals surface area contributed by atoms with Gasteiger partial charge in [0, 0.05) is 6.54 Å². The van der Waals surface area contributed by atoms with Gasteiger partial charge in [-0.2, -0.15) is 5.21 Å². The zero-order valence-electron chi connectivity index (χ0n) is 7.72. The van der Waals surface area contributed by atoms with Gasteiger partial charge < -0.3 is 17.2 Å². The average Bonchev–Trinajstić information content (AvgIpc) is 2.64. The third-order valence-electron chi connectivity index (χ3n) is 1.66. The van der Waals surface area contributed by atoms with Crippen LogP contribution < -0.4 is 17.2 Å². The van der Waals surface area contributed by atoms with E-state index in [-0.39, 0.29) is 12.0 Å². The number of H-pyrrole nitrogens is 1. The molecule has 1 atom stereocenters. The monoisotopic (exact) mass is 198 g/mol. The van der Waals surface area contributed by atoms with Crippen LogP contribution in [0.2, 0.25) is 0 Å². The molecular weight excluding hydrogens is 184 g/mol. The van der Waals surface area contributed by atoms with Gasteiger partial charge in [0.15, 0.2) is 11.8 Å². The Balaban J connectivity index is 2.22. The molecule has 1 aromatic rings. The second kappa shape index (κ2) is 5.12. The molecule has 0 spiro atoms. The molecule has 0 bridgehead atoms. The van der Waals surface area contributed by atoms with Crippen molar-refractivity contribution in [2.75, 3.05) is 6.54 Å². The highest BCUT2D eigenvalue weighted by Crippen LogP contribution is 2.08. The van der Waals surface area contributed by atoms with Gasteiger partial charge in [0.2, 0.25) is 0 Å². The van der Waals surface area contributed by atoms with E-state index in [1.54, 1.807) is 0 Å². The maximum Gasteiger partial charge on any atom is 0.191 e. The Hall–Kier alpha value is -1.70. The summed E-state index contributed by atoms with van der Waals surface area (Å²) >= 11 is 0. The molecule has 0 saturated carbocycles. The Morgan fingerprint density at radius 2 is 2.29 bits per heavy atom. The minimum absolute atomic E-state index is 0.0955. The second-order valence-corrected chi connectivity index (χ2v) is 2.83. The summed E-state index contributed by atoms with van der Waals surface area (Å²) in [4.78, 5) is 3.83. The minimum Gasteiger partial charge on any atom is -0.370 e. The molecule has 0 amide bonds. The van der Waals surface area contributed by atoms with Gasteiger partial charge in [0.25, 0.3) is 0 Å². The van der Waals surface area contributed by atoms with E-state index in [1.807, 2.05) is 0 Å². The van der Waals surface area contributed by atoms with Crippen LogP contribution in [0.3, 0.4) is 0 Å². The van der Waals surface area contributed by atoms with Gasteiger partial charge in [0.1, 0.15) is 0 Å². The normalized spacial score (nSPS) is 12.4. The molecular formula is C6H14N8. The van der Waals surface area contributed by atoms with Crippen molar-refractivity contribution in [1.29, 1.82) is 0 Å². The molecule has 8 heteroatoms. The van der Waals surface area contributed by atoms with Gasteiger partial charge in [0.05, 0.1) is 6.04 Å². The van der Waals surface area contributed by atoms with E-state index in [2.05, 4.69) is 25.6 Å². The molecule has 1 aromatic heterocycles. The number of nitrogens with one attached hydrogen (secondary N) is 1. The van der Waals surface area contributed by atoms with Crippen LogP contribution in [0.1, 0.15) is 24.7 Å². The molecule has 14 heavy (non-hydrogen) atoms. The second-order valence-electron chi connectivity index (χ2n) is 2.83. The van der Waals surface area contributed by atoms with Gasteiger partial charge in [-0.1, -0.05) is 5.21 Å². The summed E-state index contributed by atoms with van der Waals surface area (Å²) in [5, 5.41) is 13.3. The average molecular weight is 198 g/mol. The highest BCUT2D eigenvalue weighted by molar-refractivity contribution is 5.75. The van der Waals surface area contributed by atoms with Crippen molar-refractivity contribution in [2.24, 2.45) is 22.2 Å². The van der Waals surface area contributed by atoms with Crippen molar-refractivity contribution in [3.63, 3.8) is 0 Å². The van der Waals surface area contributed by atoms with Gasteiger partial charge in [-0.3, -0.25) is 4.99 Å². The molecule has 78 valence electrons. The summed E-state index contributed by atoms with van der Waals surface area (Å²) in [5.74, 6) is 0.604. The summed E-state index contributed by atoms with van der Waals surface area (Å²) in [7, 11) is 0. The van der Waals surface area contributed by atoms with E-state index in [1.165, 1.54) is 0 Å². The zero-order chi connectivity index (χ0) is 10.4. The number of tetrazole rings is 1. The highest BCUT2D eigenvalue weighted by atomic mass is 15.5. The smallest absolute Gasteiger partial charge is 0.191 e. The predicted octanol–water partition coefficient (Wildman–Crippen LogP) is -1.75. The maximum absolute atomic E-state index is 5.76. The molecule has 8 nitrogen and oxygen atoms in total. The lowest BCUT2D eigenvalue weighted by Gasteiger charge is -2.04. The Morgan fingerprint density at radius 1 is 1.50 bits per heavy atom. The Labute approximate surface area is 80.9 Å². The number of nitrogens with zero attached hydrogens (tertiary/aromatic N) is 4. The Bertz CT molecular complexity index is 274. The molecule has 0 saturated heterocycles. The number of nitrogens with two attached hydrogens (primary N) is 3. The van der Waals surface area contributed by atoms with Crippen LogP contribution in [0.5, 0.6) is 0 Å². The Morgan fingerprint density at radius 3 is 2.86 bits per heavy atom. The number of rotatable bonds is 5. The van der Waals surface area contributed by atoms with Crippen LogP contribution in [-0.2, 0) is 0 Å². The zero-order valence-corrected chi connectivity index (χ0v) is 7.72. The molecule has 0 aromatic carbocycles. The maximum atomic E-state index is 5.76. The van der Waals surface area contributed by atoms with Crippen molar-refractivity contribution < 1.29 is 0 Å². The molecule has 1 unspecified atom stereocenters. The van der Waals surface area contributed by atoms with Gasteiger partial charge in [-0.25, -0.2) is 0 Å². The number of hydrogen-bond acceptors (Lipinski definition) is 5. The van der Waals surface area contributed by atoms with E-state index in [0.717, 1.165) is 12.8 Å². The first-order valence-electron chi connectivity index (χ1n) is 4.24. The topological polar surface area (TPSA) is 145 Å². The lowest BCUT2D eigenvalue weighted by molar-refractivity contribution is 0.587. The number of aliphatic imine (C=N–C) groups is 1. The van der Waals surface area contributed by atoms with Crippen molar-refractivity contribution in [1.82, 2.24) is 20.6 Å². The number of aromatic amines is 1. The fourth-order valence-corrected chi connectivity index (χ4v) is 0.975. The van der Waals surface area contributed by atoms with Crippen molar-refractivity contribution in [3.05, 3.63) is 5.82 Å². The standard InChI is InChI=1S/C6H14N8/c7-4(5-11-13-14-12-5)2-1-3-10-6(8)9/h4H,1-3,7H2,(H4,8,9,10)(H,11,12,13,14). The molecule has 1 rings (SSSR count). The number of aromatic nitrogens is 4. The van der Waals surface area contributed by atoms with Crippen molar-refractivity contribution in [3.8, 4) is 0 Å². The molecule has 0 fully saturated rings. The molecule has 1 heterocycles. The molecule has 7 N–H and O–H groups in total. The predicted molar refractivity (Wildman–Crippen MR) is 51.0 cm³/mol. The van der Waals surface area contributed by atoms with E-state index >= 15 is 0 Å². The summed E-state index contributed by atoms with van der Waals surface area (Å²) in [5.41, 5.74) is 16.1. The summed E-state index contributed by atoms with van der Waals surface area (Å²) in [6.07, 6.45) is 1.50. The van der Waals surface area contributed by atoms with Crippen LogP contribution >= 0.6 is 0 Å². The first-order chi connectivity index (χ1) is 6.70. The summed E-state index contributed by atoms with van der Waals surface area (Å²) in [6.45, 7) is 0.563. The van der Waals surface area contributed by atoms with Crippen LogP contribution in [0.4, 0.5) is 0 Å². The van der Waals surface area contributed by atoms with E-state index < -0.39 is 0 Å². The number of guanidine groups is 1. The molecule has 0 aliphatic heterocycles.